The van der Waals surface area contributed by atoms with E-state index in [1.54, 1.807) is 11.3 Å². The van der Waals surface area contributed by atoms with E-state index in [1.165, 1.54) is 4.88 Å². The fraction of sp³-hybridized carbons (Fsp3) is 0.571. The van der Waals surface area contributed by atoms with Gasteiger partial charge in [-0.3, -0.25) is 0 Å². The van der Waals surface area contributed by atoms with E-state index >= 15 is 0 Å². The van der Waals surface area contributed by atoms with Gasteiger partial charge in [-0.15, -0.1) is 11.3 Å². The Kier molecular flexibility index (Phi) is 5.58. The molecule has 0 aliphatic carbocycles. The minimum absolute atomic E-state index is 0.137. The van der Waals surface area contributed by atoms with E-state index in [0.717, 1.165) is 24.3 Å². The van der Waals surface area contributed by atoms with Gasteiger partial charge < -0.3 is 9.84 Å². The maximum atomic E-state index is 8.72. The fourth-order valence-electron chi connectivity index (χ4n) is 1.89. The van der Waals surface area contributed by atoms with Gasteiger partial charge in [0.05, 0.1) is 12.7 Å². The predicted octanol–water partition coefficient (Wildman–Crippen LogP) is 2.89. The number of hydrogen-bond donors (Lipinski definition) is 1. The molecule has 0 saturated carbocycles. The molecule has 0 radical (unpaired) electrons. The maximum absolute atomic E-state index is 8.72. The van der Waals surface area contributed by atoms with E-state index < -0.39 is 0 Å². The van der Waals surface area contributed by atoms with Crippen molar-refractivity contribution in [2.24, 2.45) is 0 Å². The Labute approximate surface area is 117 Å². The summed E-state index contributed by atoms with van der Waals surface area (Å²) >= 11 is 3.74. The summed E-state index contributed by atoms with van der Waals surface area (Å²) in [4.78, 5) is 1.34. The second kappa shape index (κ2) is 7.20. The molecule has 1 aromatic rings. The summed E-state index contributed by atoms with van der Waals surface area (Å²) in [7, 11) is 0. The van der Waals surface area contributed by atoms with Gasteiger partial charge in [0.15, 0.2) is 0 Å². The van der Waals surface area contributed by atoms with Crippen LogP contribution in [0.3, 0.4) is 0 Å². The minimum Gasteiger partial charge on any atom is -0.395 e. The third-order valence-corrected chi connectivity index (χ3v) is 5.55. The van der Waals surface area contributed by atoms with Crippen molar-refractivity contribution in [3.05, 3.63) is 21.9 Å². The first-order valence-electron chi connectivity index (χ1n) is 6.20. The zero-order chi connectivity index (χ0) is 12.8. The Morgan fingerprint density at radius 2 is 2.50 bits per heavy atom. The summed E-state index contributed by atoms with van der Waals surface area (Å²) in [5.41, 5.74) is 1.12. The molecule has 2 atom stereocenters. The summed E-state index contributed by atoms with van der Waals surface area (Å²) in [6.45, 7) is 3.19. The molecule has 1 aliphatic heterocycles. The molecule has 0 amide bonds. The lowest BCUT2D eigenvalue weighted by Crippen LogP contribution is -2.13. The van der Waals surface area contributed by atoms with Gasteiger partial charge in [-0.1, -0.05) is 11.8 Å². The molecular formula is C14H18O2S2. The van der Waals surface area contributed by atoms with Crippen LogP contribution < -0.4 is 0 Å². The van der Waals surface area contributed by atoms with Crippen molar-refractivity contribution in [3.63, 3.8) is 0 Å². The van der Waals surface area contributed by atoms with Crippen molar-refractivity contribution >= 4 is 23.1 Å². The highest BCUT2D eigenvalue weighted by molar-refractivity contribution is 7.99. The summed E-state index contributed by atoms with van der Waals surface area (Å²) in [5, 5.41) is 11.4. The van der Waals surface area contributed by atoms with E-state index in [1.807, 2.05) is 11.8 Å². The Morgan fingerprint density at radius 1 is 1.61 bits per heavy atom. The molecule has 1 N–H and O–H groups in total. The first-order valence-corrected chi connectivity index (χ1v) is 8.13. The molecule has 2 heterocycles. The quantitative estimate of drug-likeness (QED) is 0.861. The van der Waals surface area contributed by atoms with Crippen LogP contribution in [0.25, 0.3) is 0 Å². The maximum Gasteiger partial charge on any atom is 0.0666 e. The molecule has 2 nitrogen and oxygen atoms in total. The molecule has 1 fully saturated rings. The molecule has 4 heteroatoms. The topological polar surface area (TPSA) is 29.5 Å². The van der Waals surface area contributed by atoms with Gasteiger partial charge in [0.25, 0.3) is 0 Å². The summed E-state index contributed by atoms with van der Waals surface area (Å²) < 4.78 is 5.57. The summed E-state index contributed by atoms with van der Waals surface area (Å²) in [6.07, 6.45) is 2.08. The number of ether oxygens (including phenoxy) is 1. The highest BCUT2D eigenvalue weighted by Gasteiger charge is 2.24. The third-order valence-electron chi connectivity index (χ3n) is 2.94. The standard InChI is InChI=1S/C14H18O2S2/c1-11-13(5-8-16-11)18-10-14-12(6-9-17-14)4-2-3-7-15/h6,9,11,13,15H,3,5,7-8,10H2,1H3. The van der Waals surface area contributed by atoms with Crippen LogP contribution in [0.1, 0.15) is 30.2 Å². The van der Waals surface area contributed by atoms with Gasteiger partial charge in [0.1, 0.15) is 0 Å². The summed E-state index contributed by atoms with van der Waals surface area (Å²) in [6, 6.07) is 2.07. The van der Waals surface area contributed by atoms with Crippen molar-refractivity contribution in [3.8, 4) is 11.8 Å². The van der Waals surface area contributed by atoms with E-state index in [2.05, 4.69) is 30.2 Å². The van der Waals surface area contributed by atoms with Crippen LogP contribution in [0.2, 0.25) is 0 Å². The minimum atomic E-state index is 0.137. The fourth-order valence-corrected chi connectivity index (χ4v) is 4.12. The molecule has 2 rings (SSSR count). The van der Waals surface area contributed by atoms with Crippen LogP contribution in [0.5, 0.6) is 0 Å². The smallest absolute Gasteiger partial charge is 0.0666 e. The van der Waals surface area contributed by atoms with Crippen LogP contribution in [0.15, 0.2) is 11.4 Å². The summed E-state index contributed by atoms with van der Waals surface area (Å²) in [5.74, 6) is 7.14. The van der Waals surface area contributed by atoms with Crippen molar-refractivity contribution in [1.82, 2.24) is 0 Å². The first kappa shape index (κ1) is 14.0. The molecule has 1 aliphatic rings. The lowest BCUT2D eigenvalue weighted by molar-refractivity contribution is 0.127. The van der Waals surface area contributed by atoms with Gasteiger partial charge in [-0.25, -0.2) is 0 Å². The third kappa shape index (κ3) is 3.76. The van der Waals surface area contributed by atoms with Gasteiger partial charge in [0.2, 0.25) is 0 Å². The molecule has 0 aromatic carbocycles. The number of rotatable bonds is 4. The van der Waals surface area contributed by atoms with E-state index in [0.29, 0.717) is 17.8 Å². The monoisotopic (exact) mass is 282 g/mol. The van der Waals surface area contributed by atoms with Crippen molar-refractivity contribution in [1.29, 1.82) is 0 Å². The number of aliphatic hydroxyl groups is 1. The molecule has 18 heavy (non-hydrogen) atoms. The van der Waals surface area contributed by atoms with Crippen LogP contribution in [0.4, 0.5) is 0 Å². The number of aliphatic hydroxyl groups excluding tert-OH is 1. The van der Waals surface area contributed by atoms with Crippen LogP contribution >= 0.6 is 23.1 Å². The normalized spacial score (nSPS) is 22.8. The Morgan fingerprint density at radius 3 is 3.22 bits per heavy atom. The van der Waals surface area contributed by atoms with Crippen molar-refractivity contribution in [2.75, 3.05) is 13.2 Å². The number of thioether (sulfide) groups is 1. The van der Waals surface area contributed by atoms with Gasteiger partial charge in [-0.05, 0) is 24.8 Å². The average Bonchev–Trinajstić information content (AvgIpc) is 2.96. The highest BCUT2D eigenvalue weighted by atomic mass is 32.2. The molecular weight excluding hydrogens is 264 g/mol. The van der Waals surface area contributed by atoms with Gasteiger partial charge >= 0.3 is 0 Å². The van der Waals surface area contributed by atoms with E-state index in [-0.39, 0.29) is 6.61 Å². The molecule has 1 aromatic heterocycles. The second-order valence-corrected chi connectivity index (χ2v) is 6.48. The van der Waals surface area contributed by atoms with Crippen LogP contribution in [-0.4, -0.2) is 29.7 Å². The zero-order valence-corrected chi connectivity index (χ0v) is 12.1. The average molecular weight is 282 g/mol. The van der Waals surface area contributed by atoms with Gasteiger partial charge in [-0.2, -0.15) is 11.8 Å². The number of hydrogen-bond acceptors (Lipinski definition) is 4. The zero-order valence-electron chi connectivity index (χ0n) is 10.5. The Balaban J connectivity index is 1.90. The largest absolute Gasteiger partial charge is 0.395 e. The highest BCUT2D eigenvalue weighted by Crippen LogP contribution is 2.31. The molecule has 0 spiro atoms. The SMILES string of the molecule is CC1OCCC1SCc1sccc1C#CCCO. The van der Waals surface area contributed by atoms with Gasteiger partial charge in [0, 0.05) is 34.5 Å². The Bertz CT molecular complexity index is 430. The van der Waals surface area contributed by atoms with Crippen molar-refractivity contribution < 1.29 is 9.84 Å². The van der Waals surface area contributed by atoms with E-state index in [4.69, 9.17) is 9.84 Å². The molecule has 1 saturated heterocycles. The molecule has 2 unspecified atom stereocenters. The van der Waals surface area contributed by atoms with Crippen molar-refractivity contribution in [2.45, 2.75) is 36.9 Å². The molecule has 98 valence electrons. The Hall–Kier alpha value is -0.470. The van der Waals surface area contributed by atoms with Crippen LogP contribution in [-0.2, 0) is 10.5 Å². The second-order valence-electron chi connectivity index (χ2n) is 4.25. The lowest BCUT2D eigenvalue weighted by Gasteiger charge is -2.12. The number of thiophene rings is 1. The predicted molar refractivity (Wildman–Crippen MR) is 78.0 cm³/mol. The van der Waals surface area contributed by atoms with Crippen LogP contribution in [0, 0.1) is 11.8 Å². The lowest BCUT2D eigenvalue weighted by atomic mass is 10.2. The first-order chi connectivity index (χ1) is 8.81. The van der Waals surface area contributed by atoms with E-state index in [9.17, 15) is 0 Å². The molecule has 0 bridgehead atoms.